The summed E-state index contributed by atoms with van der Waals surface area (Å²) in [6, 6.07) is 8.30. The van der Waals surface area contributed by atoms with Crippen LogP contribution in [0, 0.1) is 6.92 Å². The van der Waals surface area contributed by atoms with Crippen molar-refractivity contribution in [3.63, 3.8) is 0 Å². The molecule has 0 radical (unpaired) electrons. The smallest absolute Gasteiger partial charge is 0.107 e. The Morgan fingerprint density at radius 2 is 2.17 bits per heavy atom. The van der Waals surface area contributed by atoms with Gasteiger partial charge in [0.15, 0.2) is 0 Å². The van der Waals surface area contributed by atoms with E-state index in [0.29, 0.717) is 0 Å². The van der Waals surface area contributed by atoms with Crippen molar-refractivity contribution in [2.75, 3.05) is 0 Å². The molecule has 1 fully saturated rings. The number of para-hydroxylation sites is 2. The number of hydrogen-bond acceptors (Lipinski definition) is 3. The Morgan fingerprint density at radius 3 is 3.00 bits per heavy atom. The lowest BCUT2D eigenvalue weighted by atomic mass is 9.93. The molecule has 0 aliphatic heterocycles. The average molecular weight is 243 g/mol. The molecule has 1 N–H and O–H groups in total. The van der Waals surface area contributed by atoms with Gasteiger partial charge < -0.3 is 9.77 Å². The number of benzene rings is 1. The largest absolute Gasteiger partial charge is 0.411 e. The molecule has 0 amide bonds. The summed E-state index contributed by atoms with van der Waals surface area (Å²) in [5.41, 5.74) is 3.02. The van der Waals surface area contributed by atoms with E-state index < -0.39 is 0 Å². The van der Waals surface area contributed by atoms with Gasteiger partial charge in [-0.2, -0.15) is 0 Å². The summed E-state index contributed by atoms with van der Waals surface area (Å²) in [7, 11) is 0. The molecule has 0 saturated heterocycles. The van der Waals surface area contributed by atoms with Gasteiger partial charge in [-0.3, -0.25) is 0 Å². The number of aromatic nitrogens is 2. The van der Waals surface area contributed by atoms with Crippen molar-refractivity contribution >= 4 is 16.7 Å². The van der Waals surface area contributed by atoms with E-state index in [1.54, 1.807) is 0 Å². The summed E-state index contributed by atoms with van der Waals surface area (Å²) in [5.74, 6) is 0.990. The first-order valence-electron chi connectivity index (χ1n) is 6.45. The second kappa shape index (κ2) is 4.44. The first-order valence-corrected chi connectivity index (χ1v) is 6.45. The molecule has 1 aromatic carbocycles. The zero-order chi connectivity index (χ0) is 12.5. The van der Waals surface area contributed by atoms with E-state index in [9.17, 15) is 5.21 Å². The third kappa shape index (κ3) is 1.68. The SMILES string of the molecule is Cc1nc2ccccc2n1C1CCCC/C1=N\O. The van der Waals surface area contributed by atoms with Gasteiger partial charge in [-0.1, -0.05) is 23.7 Å². The molecular weight excluding hydrogens is 226 g/mol. The van der Waals surface area contributed by atoms with E-state index in [4.69, 9.17) is 0 Å². The minimum absolute atomic E-state index is 0.163. The molecule has 4 nitrogen and oxygen atoms in total. The van der Waals surface area contributed by atoms with Crippen molar-refractivity contribution in [3.8, 4) is 0 Å². The van der Waals surface area contributed by atoms with Gasteiger partial charge in [0.2, 0.25) is 0 Å². The van der Waals surface area contributed by atoms with Gasteiger partial charge in [-0.25, -0.2) is 4.98 Å². The van der Waals surface area contributed by atoms with Crippen molar-refractivity contribution in [3.05, 3.63) is 30.1 Å². The van der Waals surface area contributed by atoms with E-state index in [2.05, 4.69) is 20.8 Å². The van der Waals surface area contributed by atoms with E-state index in [-0.39, 0.29) is 6.04 Å². The van der Waals surface area contributed by atoms with E-state index in [1.807, 2.05) is 25.1 Å². The number of nitrogens with zero attached hydrogens (tertiary/aromatic N) is 3. The summed E-state index contributed by atoms with van der Waals surface area (Å²) in [6.45, 7) is 2.02. The molecule has 1 heterocycles. The fourth-order valence-electron chi connectivity index (χ4n) is 2.93. The van der Waals surface area contributed by atoms with Crippen LogP contribution < -0.4 is 0 Å². The van der Waals surface area contributed by atoms with Crippen LogP contribution in [0.2, 0.25) is 0 Å². The van der Waals surface area contributed by atoms with Crippen molar-refractivity contribution in [2.24, 2.45) is 5.16 Å². The molecule has 1 saturated carbocycles. The van der Waals surface area contributed by atoms with Gasteiger partial charge in [-0.05, 0) is 38.3 Å². The normalized spacial score (nSPS) is 22.7. The third-order valence-corrected chi connectivity index (χ3v) is 3.76. The maximum absolute atomic E-state index is 9.18. The fourth-order valence-corrected chi connectivity index (χ4v) is 2.93. The average Bonchev–Trinajstić information content (AvgIpc) is 2.74. The molecule has 4 heteroatoms. The van der Waals surface area contributed by atoms with Crippen LogP contribution in [-0.4, -0.2) is 20.5 Å². The number of fused-ring (bicyclic) bond motifs is 1. The zero-order valence-corrected chi connectivity index (χ0v) is 10.5. The lowest BCUT2D eigenvalue weighted by molar-refractivity contribution is 0.308. The standard InChI is InChI=1S/C14H17N3O/c1-10-15-11-6-2-4-8-13(11)17(10)14-9-5-3-7-12(14)16-18/h2,4,6,8,14,18H,3,5,7,9H2,1H3/b16-12+. The monoisotopic (exact) mass is 243 g/mol. The highest BCUT2D eigenvalue weighted by Crippen LogP contribution is 2.30. The number of rotatable bonds is 1. The van der Waals surface area contributed by atoms with Crippen LogP contribution >= 0.6 is 0 Å². The van der Waals surface area contributed by atoms with Crippen LogP contribution in [0.1, 0.15) is 37.5 Å². The van der Waals surface area contributed by atoms with Gasteiger partial charge in [0.25, 0.3) is 0 Å². The second-order valence-corrected chi connectivity index (χ2v) is 4.87. The minimum atomic E-state index is 0.163. The predicted octanol–water partition coefficient (Wildman–Crippen LogP) is 3.29. The van der Waals surface area contributed by atoms with Gasteiger partial charge in [-0.15, -0.1) is 0 Å². The van der Waals surface area contributed by atoms with E-state index >= 15 is 0 Å². The van der Waals surface area contributed by atoms with Crippen LogP contribution in [0.3, 0.4) is 0 Å². The quantitative estimate of drug-likeness (QED) is 0.617. The van der Waals surface area contributed by atoms with Crippen LogP contribution in [0.25, 0.3) is 11.0 Å². The second-order valence-electron chi connectivity index (χ2n) is 4.87. The molecule has 1 atom stereocenters. The summed E-state index contributed by atoms with van der Waals surface area (Å²) in [4.78, 5) is 4.58. The predicted molar refractivity (Wildman–Crippen MR) is 71.2 cm³/mol. The molecule has 1 aliphatic carbocycles. The van der Waals surface area contributed by atoms with Gasteiger partial charge >= 0.3 is 0 Å². The molecule has 0 bridgehead atoms. The molecule has 2 aromatic rings. The molecular formula is C14H17N3O. The zero-order valence-electron chi connectivity index (χ0n) is 10.5. The maximum atomic E-state index is 9.18. The summed E-state index contributed by atoms with van der Waals surface area (Å²) in [6.07, 6.45) is 4.20. The molecule has 1 unspecified atom stereocenters. The van der Waals surface area contributed by atoms with Crippen LogP contribution in [0.4, 0.5) is 0 Å². The Morgan fingerprint density at radius 1 is 1.33 bits per heavy atom. The Bertz CT molecular complexity index is 600. The first-order chi connectivity index (χ1) is 8.81. The number of imidazole rings is 1. The molecule has 18 heavy (non-hydrogen) atoms. The van der Waals surface area contributed by atoms with Gasteiger partial charge in [0, 0.05) is 0 Å². The van der Waals surface area contributed by atoms with Crippen molar-refractivity contribution in [1.29, 1.82) is 0 Å². The third-order valence-electron chi connectivity index (χ3n) is 3.76. The molecule has 94 valence electrons. The van der Waals surface area contributed by atoms with Crippen molar-refractivity contribution in [1.82, 2.24) is 9.55 Å². The van der Waals surface area contributed by atoms with Crippen LogP contribution in [-0.2, 0) is 0 Å². The summed E-state index contributed by atoms with van der Waals surface area (Å²) >= 11 is 0. The Hall–Kier alpha value is -1.84. The lowest BCUT2D eigenvalue weighted by Crippen LogP contribution is -2.24. The highest BCUT2D eigenvalue weighted by molar-refractivity contribution is 5.90. The molecule has 1 aliphatic rings. The Balaban J connectivity index is 2.15. The van der Waals surface area contributed by atoms with Gasteiger partial charge in [0.1, 0.15) is 5.82 Å². The first kappa shape index (κ1) is 11.3. The number of aryl methyl sites for hydroxylation is 1. The molecule has 0 spiro atoms. The highest BCUT2D eigenvalue weighted by atomic mass is 16.4. The Labute approximate surface area is 106 Å². The summed E-state index contributed by atoms with van der Waals surface area (Å²) in [5, 5.41) is 12.7. The van der Waals surface area contributed by atoms with Crippen molar-refractivity contribution < 1.29 is 5.21 Å². The summed E-state index contributed by atoms with van der Waals surface area (Å²) < 4.78 is 2.21. The minimum Gasteiger partial charge on any atom is -0.411 e. The fraction of sp³-hybridized carbons (Fsp3) is 0.429. The van der Waals surface area contributed by atoms with Crippen molar-refractivity contribution in [2.45, 2.75) is 38.6 Å². The van der Waals surface area contributed by atoms with Crippen LogP contribution in [0.5, 0.6) is 0 Å². The topological polar surface area (TPSA) is 50.4 Å². The Kier molecular flexibility index (Phi) is 2.78. The van der Waals surface area contributed by atoms with Gasteiger partial charge in [0.05, 0.1) is 22.8 Å². The lowest BCUT2D eigenvalue weighted by Gasteiger charge is -2.25. The molecule has 3 rings (SSSR count). The number of hydrogen-bond donors (Lipinski definition) is 1. The molecule has 1 aromatic heterocycles. The van der Waals surface area contributed by atoms with Crippen LogP contribution in [0.15, 0.2) is 29.4 Å². The number of oxime groups is 1. The maximum Gasteiger partial charge on any atom is 0.107 e. The van der Waals surface area contributed by atoms with E-state index in [1.165, 1.54) is 6.42 Å². The highest BCUT2D eigenvalue weighted by Gasteiger charge is 2.25. The van der Waals surface area contributed by atoms with E-state index in [0.717, 1.165) is 41.8 Å².